The van der Waals surface area contributed by atoms with E-state index in [2.05, 4.69) is 4.74 Å². The standard InChI is InChI=1S/C16H23F3N2O2/c1-4-21(15(22)9-10-23-12-16(17,18)19)11-13-5-7-14(8-6-13)20(2)3/h5-8H,4,9-12H2,1-3H3. The highest BCUT2D eigenvalue weighted by atomic mass is 19.4. The molecule has 0 heterocycles. The smallest absolute Gasteiger partial charge is 0.378 e. The average molecular weight is 332 g/mol. The molecule has 1 rings (SSSR count). The van der Waals surface area contributed by atoms with Gasteiger partial charge in [0.2, 0.25) is 5.91 Å². The number of alkyl halides is 3. The number of amides is 1. The van der Waals surface area contributed by atoms with E-state index in [9.17, 15) is 18.0 Å². The first-order valence-electron chi connectivity index (χ1n) is 7.41. The van der Waals surface area contributed by atoms with Crippen molar-refractivity contribution >= 4 is 11.6 Å². The number of anilines is 1. The van der Waals surface area contributed by atoms with Gasteiger partial charge in [0.1, 0.15) is 6.61 Å². The van der Waals surface area contributed by atoms with E-state index in [1.165, 1.54) is 0 Å². The summed E-state index contributed by atoms with van der Waals surface area (Å²) >= 11 is 0. The Kier molecular flexibility index (Phi) is 7.35. The number of hydrogen-bond donors (Lipinski definition) is 0. The Morgan fingerprint density at radius 2 is 1.78 bits per heavy atom. The van der Waals surface area contributed by atoms with Crippen molar-refractivity contribution in [2.24, 2.45) is 0 Å². The lowest BCUT2D eigenvalue weighted by Gasteiger charge is -2.22. The van der Waals surface area contributed by atoms with Crippen LogP contribution in [0.3, 0.4) is 0 Å². The monoisotopic (exact) mass is 332 g/mol. The van der Waals surface area contributed by atoms with Crippen LogP contribution < -0.4 is 4.90 Å². The van der Waals surface area contributed by atoms with Crippen molar-refractivity contribution in [2.75, 3.05) is 38.8 Å². The van der Waals surface area contributed by atoms with E-state index >= 15 is 0 Å². The van der Waals surface area contributed by atoms with E-state index < -0.39 is 12.8 Å². The van der Waals surface area contributed by atoms with Crippen LogP contribution in [0.4, 0.5) is 18.9 Å². The molecule has 0 unspecified atom stereocenters. The largest absolute Gasteiger partial charge is 0.411 e. The molecule has 0 fully saturated rings. The van der Waals surface area contributed by atoms with E-state index in [-0.39, 0.29) is 18.9 Å². The lowest BCUT2D eigenvalue weighted by Crippen LogP contribution is -2.31. The van der Waals surface area contributed by atoms with Crippen molar-refractivity contribution in [3.63, 3.8) is 0 Å². The summed E-state index contributed by atoms with van der Waals surface area (Å²) in [4.78, 5) is 15.6. The van der Waals surface area contributed by atoms with E-state index in [0.717, 1.165) is 11.3 Å². The van der Waals surface area contributed by atoms with Crippen molar-refractivity contribution in [3.8, 4) is 0 Å². The second-order valence-electron chi connectivity index (χ2n) is 5.39. The van der Waals surface area contributed by atoms with E-state index in [1.54, 1.807) is 4.90 Å². The van der Waals surface area contributed by atoms with Crippen LogP contribution in [0, 0.1) is 0 Å². The molecule has 0 N–H and O–H groups in total. The third-order valence-corrected chi connectivity index (χ3v) is 3.29. The van der Waals surface area contributed by atoms with Crippen molar-refractivity contribution < 1.29 is 22.7 Å². The summed E-state index contributed by atoms with van der Waals surface area (Å²) in [6.07, 6.45) is -4.42. The van der Waals surface area contributed by atoms with Gasteiger partial charge in [-0.3, -0.25) is 4.79 Å². The summed E-state index contributed by atoms with van der Waals surface area (Å²) in [5.41, 5.74) is 2.03. The van der Waals surface area contributed by atoms with Crippen LogP contribution in [0.1, 0.15) is 18.9 Å². The van der Waals surface area contributed by atoms with Crippen LogP contribution >= 0.6 is 0 Å². The maximum atomic E-state index is 12.0. The number of nitrogens with zero attached hydrogens (tertiary/aromatic N) is 2. The number of halogens is 3. The van der Waals surface area contributed by atoms with Gasteiger partial charge >= 0.3 is 6.18 Å². The van der Waals surface area contributed by atoms with E-state index in [1.807, 2.05) is 50.2 Å². The number of ether oxygens (including phenoxy) is 1. The Bertz CT molecular complexity index is 487. The molecule has 130 valence electrons. The summed E-state index contributed by atoms with van der Waals surface area (Å²) in [5, 5.41) is 0. The van der Waals surface area contributed by atoms with Gasteiger partial charge in [-0.15, -0.1) is 0 Å². The van der Waals surface area contributed by atoms with Gasteiger partial charge in [-0.25, -0.2) is 0 Å². The van der Waals surface area contributed by atoms with Crippen LogP contribution in [0.15, 0.2) is 24.3 Å². The normalized spacial score (nSPS) is 11.4. The summed E-state index contributed by atoms with van der Waals surface area (Å²) in [6.45, 7) is 1.21. The molecule has 0 atom stereocenters. The van der Waals surface area contributed by atoms with E-state index in [4.69, 9.17) is 0 Å². The molecular weight excluding hydrogens is 309 g/mol. The molecule has 0 aromatic heterocycles. The van der Waals surface area contributed by atoms with Crippen LogP contribution in [-0.4, -0.2) is 50.8 Å². The minimum absolute atomic E-state index is 0.0559. The van der Waals surface area contributed by atoms with E-state index in [0.29, 0.717) is 13.1 Å². The van der Waals surface area contributed by atoms with Gasteiger partial charge in [0.05, 0.1) is 13.0 Å². The number of rotatable bonds is 8. The zero-order valence-electron chi connectivity index (χ0n) is 13.7. The fraction of sp³-hybridized carbons (Fsp3) is 0.562. The summed E-state index contributed by atoms with van der Waals surface area (Å²) in [5.74, 6) is -0.216. The summed E-state index contributed by atoms with van der Waals surface area (Å²) < 4.78 is 40.4. The van der Waals surface area contributed by atoms with Crippen LogP contribution in [0.2, 0.25) is 0 Å². The number of carbonyl (C=O) groups excluding carboxylic acids is 1. The zero-order chi connectivity index (χ0) is 17.5. The quantitative estimate of drug-likeness (QED) is 0.686. The van der Waals surface area contributed by atoms with Gasteiger partial charge < -0.3 is 14.5 Å². The predicted molar refractivity (Wildman–Crippen MR) is 83.4 cm³/mol. The highest BCUT2D eigenvalue weighted by Gasteiger charge is 2.27. The summed E-state index contributed by atoms with van der Waals surface area (Å²) in [7, 11) is 3.88. The molecule has 1 amide bonds. The second-order valence-corrected chi connectivity index (χ2v) is 5.39. The third-order valence-electron chi connectivity index (χ3n) is 3.29. The molecule has 0 bridgehead atoms. The maximum Gasteiger partial charge on any atom is 0.411 e. The van der Waals surface area contributed by atoms with Gasteiger partial charge in [-0.2, -0.15) is 13.2 Å². The van der Waals surface area contributed by atoms with Crippen LogP contribution in [0.25, 0.3) is 0 Å². The van der Waals surface area contributed by atoms with Gasteiger partial charge in [-0.05, 0) is 24.6 Å². The second kappa shape index (κ2) is 8.76. The first-order chi connectivity index (χ1) is 10.7. The SMILES string of the molecule is CCN(Cc1ccc(N(C)C)cc1)C(=O)CCOCC(F)(F)F. The molecule has 7 heteroatoms. The van der Waals surface area contributed by atoms with Crippen molar-refractivity contribution in [2.45, 2.75) is 26.1 Å². The number of benzene rings is 1. The number of carbonyl (C=O) groups is 1. The molecule has 0 aliphatic carbocycles. The molecule has 0 radical (unpaired) electrons. The van der Waals surface area contributed by atoms with Crippen LogP contribution in [-0.2, 0) is 16.1 Å². The topological polar surface area (TPSA) is 32.8 Å². The molecule has 0 aliphatic heterocycles. The Morgan fingerprint density at radius 1 is 1.17 bits per heavy atom. The lowest BCUT2D eigenvalue weighted by molar-refractivity contribution is -0.175. The van der Waals surface area contributed by atoms with Gasteiger partial charge in [0.15, 0.2) is 0 Å². The van der Waals surface area contributed by atoms with Gasteiger partial charge in [-0.1, -0.05) is 12.1 Å². The van der Waals surface area contributed by atoms with Gasteiger partial charge in [0.25, 0.3) is 0 Å². The Labute approximate surface area is 134 Å². The molecule has 1 aromatic carbocycles. The molecule has 4 nitrogen and oxygen atoms in total. The minimum Gasteiger partial charge on any atom is -0.378 e. The first-order valence-corrected chi connectivity index (χ1v) is 7.41. The first kappa shape index (κ1) is 19.3. The lowest BCUT2D eigenvalue weighted by atomic mass is 10.2. The molecule has 23 heavy (non-hydrogen) atoms. The highest BCUT2D eigenvalue weighted by molar-refractivity contribution is 5.76. The maximum absolute atomic E-state index is 12.0. The Hall–Kier alpha value is -1.76. The Morgan fingerprint density at radius 3 is 2.26 bits per heavy atom. The molecule has 0 aliphatic rings. The number of hydrogen-bond acceptors (Lipinski definition) is 3. The highest BCUT2D eigenvalue weighted by Crippen LogP contribution is 2.15. The molecule has 0 saturated carbocycles. The fourth-order valence-electron chi connectivity index (χ4n) is 2.00. The van der Waals surface area contributed by atoms with Crippen molar-refractivity contribution in [1.82, 2.24) is 4.90 Å². The predicted octanol–water partition coefficient (Wildman–Crippen LogP) is 3.07. The molecular formula is C16H23F3N2O2. The molecule has 0 spiro atoms. The fourth-order valence-corrected chi connectivity index (χ4v) is 2.00. The average Bonchev–Trinajstić information content (AvgIpc) is 2.48. The minimum atomic E-state index is -4.36. The molecule has 1 aromatic rings. The van der Waals surface area contributed by atoms with Crippen molar-refractivity contribution in [3.05, 3.63) is 29.8 Å². The third kappa shape index (κ3) is 7.36. The summed E-state index contributed by atoms with van der Waals surface area (Å²) in [6, 6.07) is 7.79. The Balaban J connectivity index is 2.47. The van der Waals surface area contributed by atoms with Gasteiger partial charge in [0, 0.05) is 32.9 Å². The van der Waals surface area contributed by atoms with Crippen molar-refractivity contribution in [1.29, 1.82) is 0 Å². The molecule has 0 saturated heterocycles. The zero-order valence-corrected chi connectivity index (χ0v) is 13.7. The van der Waals surface area contributed by atoms with Crippen LogP contribution in [0.5, 0.6) is 0 Å².